The van der Waals surface area contributed by atoms with E-state index in [2.05, 4.69) is 22.6 Å². The molecule has 1 aromatic rings. The Balaban J connectivity index is 1.43. The number of aromatic nitrogens is 3. The Morgan fingerprint density at radius 2 is 2.14 bits per heavy atom. The number of nitrogens with zero attached hydrogens (tertiary/aromatic N) is 3. The van der Waals surface area contributed by atoms with Crippen LogP contribution >= 0.6 is 0 Å². The molecule has 2 fully saturated rings. The second-order valence-corrected chi connectivity index (χ2v) is 7.14. The Morgan fingerprint density at radius 3 is 2.91 bits per heavy atom. The highest BCUT2D eigenvalue weighted by atomic mass is 16.5. The SMILES string of the molecule is CC1CNCC(Cn2cc(COC3CCC(N)CC3)nn2)C1. The van der Waals surface area contributed by atoms with E-state index in [0.717, 1.165) is 56.9 Å². The van der Waals surface area contributed by atoms with Crippen LogP contribution in [-0.2, 0) is 17.9 Å². The van der Waals surface area contributed by atoms with Gasteiger partial charge in [-0.15, -0.1) is 5.10 Å². The first kappa shape index (κ1) is 15.9. The highest BCUT2D eigenvalue weighted by Crippen LogP contribution is 2.21. The summed E-state index contributed by atoms with van der Waals surface area (Å²) in [5, 5.41) is 12.0. The maximum Gasteiger partial charge on any atom is 0.108 e. The molecule has 22 heavy (non-hydrogen) atoms. The first-order valence-electron chi connectivity index (χ1n) is 8.66. The van der Waals surface area contributed by atoms with E-state index in [9.17, 15) is 0 Å². The quantitative estimate of drug-likeness (QED) is 0.857. The molecular formula is C16H29N5O. The summed E-state index contributed by atoms with van der Waals surface area (Å²) in [5.74, 6) is 1.40. The van der Waals surface area contributed by atoms with Crippen molar-refractivity contribution >= 4 is 0 Å². The summed E-state index contributed by atoms with van der Waals surface area (Å²) in [6.45, 7) is 6.04. The van der Waals surface area contributed by atoms with Crippen molar-refractivity contribution in [2.75, 3.05) is 13.1 Å². The van der Waals surface area contributed by atoms with E-state index in [4.69, 9.17) is 10.5 Å². The van der Waals surface area contributed by atoms with Crippen molar-refractivity contribution in [3.05, 3.63) is 11.9 Å². The molecule has 6 heteroatoms. The van der Waals surface area contributed by atoms with E-state index in [0.29, 0.717) is 24.7 Å². The van der Waals surface area contributed by atoms with Gasteiger partial charge in [-0.25, -0.2) is 0 Å². The molecule has 0 aromatic carbocycles. The van der Waals surface area contributed by atoms with Crippen molar-refractivity contribution in [2.24, 2.45) is 17.6 Å². The minimum Gasteiger partial charge on any atom is -0.372 e. The van der Waals surface area contributed by atoms with Crippen LogP contribution in [0, 0.1) is 11.8 Å². The van der Waals surface area contributed by atoms with Gasteiger partial charge >= 0.3 is 0 Å². The van der Waals surface area contributed by atoms with E-state index < -0.39 is 0 Å². The lowest BCUT2D eigenvalue weighted by molar-refractivity contribution is 0.0122. The summed E-state index contributed by atoms with van der Waals surface area (Å²) >= 11 is 0. The Labute approximate surface area is 132 Å². The van der Waals surface area contributed by atoms with E-state index >= 15 is 0 Å². The van der Waals surface area contributed by atoms with Crippen LogP contribution < -0.4 is 11.1 Å². The van der Waals surface area contributed by atoms with Crippen molar-refractivity contribution in [2.45, 2.75) is 64.3 Å². The number of ether oxygens (including phenoxy) is 1. The second-order valence-electron chi connectivity index (χ2n) is 7.14. The molecular weight excluding hydrogens is 278 g/mol. The molecule has 6 nitrogen and oxygen atoms in total. The highest BCUT2D eigenvalue weighted by molar-refractivity contribution is 4.91. The van der Waals surface area contributed by atoms with Crippen LogP contribution in [0.1, 0.15) is 44.7 Å². The molecule has 0 bridgehead atoms. The van der Waals surface area contributed by atoms with Crippen LogP contribution in [0.15, 0.2) is 6.20 Å². The van der Waals surface area contributed by atoms with Crippen molar-refractivity contribution in [1.82, 2.24) is 20.3 Å². The normalized spacial score (nSPS) is 33.0. The van der Waals surface area contributed by atoms with Crippen molar-refractivity contribution < 1.29 is 4.74 Å². The minimum absolute atomic E-state index is 0.341. The smallest absolute Gasteiger partial charge is 0.108 e. The molecule has 2 atom stereocenters. The van der Waals surface area contributed by atoms with Crippen LogP contribution in [0.4, 0.5) is 0 Å². The molecule has 1 aliphatic carbocycles. The predicted molar refractivity (Wildman–Crippen MR) is 85.2 cm³/mol. The number of nitrogens with two attached hydrogens (primary N) is 1. The second kappa shape index (κ2) is 7.53. The van der Waals surface area contributed by atoms with Gasteiger partial charge in [-0.2, -0.15) is 0 Å². The van der Waals surface area contributed by atoms with Crippen LogP contribution in [0.25, 0.3) is 0 Å². The first-order valence-corrected chi connectivity index (χ1v) is 8.66. The zero-order chi connectivity index (χ0) is 15.4. The minimum atomic E-state index is 0.341. The van der Waals surface area contributed by atoms with Crippen LogP contribution in [0.2, 0.25) is 0 Å². The van der Waals surface area contributed by atoms with Gasteiger partial charge in [0.2, 0.25) is 0 Å². The zero-order valence-corrected chi connectivity index (χ0v) is 13.6. The molecule has 124 valence electrons. The molecule has 2 aliphatic rings. The zero-order valence-electron chi connectivity index (χ0n) is 13.6. The van der Waals surface area contributed by atoms with Crippen molar-refractivity contribution in [1.29, 1.82) is 0 Å². The van der Waals surface area contributed by atoms with Gasteiger partial charge in [-0.3, -0.25) is 4.68 Å². The molecule has 2 heterocycles. The number of hydrogen-bond donors (Lipinski definition) is 2. The topological polar surface area (TPSA) is 78.0 Å². The first-order chi connectivity index (χ1) is 10.7. The fourth-order valence-corrected chi connectivity index (χ4v) is 3.63. The molecule has 0 radical (unpaired) electrons. The van der Waals surface area contributed by atoms with Gasteiger partial charge in [-0.05, 0) is 57.0 Å². The van der Waals surface area contributed by atoms with Gasteiger partial charge in [0.15, 0.2) is 0 Å². The van der Waals surface area contributed by atoms with E-state index in [1.54, 1.807) is 0 Å². The van der Waals surface area contributed by atoms with Crippen LogP contribution in [0.5, 0.6) is 0 Å². The van der Waals surface area contributed by atoms with Crippen LogP contribution in [-0.4, -0.2) is 40.2 Å². The van der Waals surface area contributed by atoms with Gasteiger partial charge in [0.25, 0.3) is 0 Å². The summed E-state index contributed by atoms with van der Waals surface area (Å²) in [4.78, 5) is 0. The van der Waals surface area contributed by atoms with E-state index in [1.165, 1.54) is 6.42 Å². The third kappa shape index (κ3) is 4.51. The summed E-state index contributed by atoms with van der Waals surface area (Å²) in [6.07, 6.45) is 7.93. The Bertz CT molecular complexity index is 455. The Kier molecular flexibility index (Phi) is 5.44. The van der Waals surface area contributed by atoms with E-state index in [1.807, 2.05) is 10.9 Å². The fraction of sp³-hybridized carbons (Fsp3) is 0.875. The largest absolute Gasteiger partial charge is 0.372 e. The molecule has 0 amide bonds. The van der Waals surface area contributed by atoms with Gasteiger partial charge in [-0.1, -0.05) is 12.1 Å². The molecule has 3 rings (SSSR count). The maximum absolute atomic E-state index is 5.95. The Morgan fingerprint density at radius 1 is 1.32 bits per heavy atom. The van der Waals surface area contributed by atoms with Crippen LogP contribution in [0.3, 0.4) is 0 Å². The van der Waals surface area contributed by atoms with Gasteiger partial charge in [0.05, 0.1) is 18.9 Å². The lowest BCUT2D eigenvalue weighted by Gasteiger charge is -2.27. The number of hydrogen-bond acceptors (Lipinski definition) is 5. The molecule has 1 saturated heterocycles. The predicted octanol–water partition coefficient (Wildman–Crippen LogP) is 1.31. The molecule has 1 aliphatic heterocycles. The summed E-state index contributed by atoms with van der Waals surface area (Å²) < 4.78 is 7.93. The lowest BCUT2D eigenvalue weighted by atomic mass is 9.92. The highest BCUT2D eigenvalue weighted by Gasteiger charge is 2.21. The summed E-state index contributed by atoms with van der Waals surface area (Å²) in [6, 6.07) is 0.368. The monoisotopic (exact) mass is 307 g/mol. The standard InChI is InChI=1S/C16H29N5O/c1-12-6-13(8-18-7-12)9-21-10-15(19-20-21)11-22-16-4-2-14(17)3-5-16/h10,12-14,16,18H,2-9,11,17H2,1H3. The lowest BCUT2D eigenvalue weighted by Crippen LogP contribution is -2.37. The maximum atomic E-state index is 5.95. The molecule has 1 saturated carbocycles. The number of nitrogens with one attached hydrogen (secondary N) is 1. The van der Waals surface area contributed by atoms with Gasteiger partial charge in [0.1, 0.15) is 5.69 Å². The number of rotatable bonds is 5. The van der Waals surface area contributed by atoms with Crippen molar-refractivity contribution in [3.8, 4) is 0 Å². The van der Waals surface area contributed by atoms with E-state index in [-0.39, 0.29) is 0 Å². The summed E-state index contributed by atoms with van der Waals surface area (Å²) in [7, 11) is 0. The molecule has 2 unspecified atom stereocenters. The molecule has 3 N–H and O–H groups in total. The van der Waals surface area contributed by atoms with Gasteiger partial charge in [0, 0.05) is 12.6 Å². The van der Waals surface area contributed by atoms with Gasteiger partial charge < -0.3 is 15.8 Å². The Hall–Kier alpha value is -0.980. The third-order valence-electron chi connectivity index (χ3n) is 4.88. The fourth-order valence-electron chi connectivity index (χ4n) is 3.63. The average Bonchev–Trinajstić information content (AvgIpc) is 2.94. The molecule has 1 aromatic heterocycles. The third-order valence-corrected chi connectivity index (χ3v) is 4.88. The summed E-state index contributed by atoms with van der Waals surface area (Å²) in [5.41, 5.74) is 6.86. The molecule has 0 spiro atoms. The average molecular weight is 307 g/mol. The number of piperidine rings is 1. The van der Waals surface area contributed by atoms with Crippen molar-refractivity contribution in [3.63, 3.8) is 0 Å².